The highest BCUT2D eigenvalue weighted by Gasteiger charge is 2.49. The number of aliphatic hydroxyl groups excluding tert-OH is 1. The maximum Gasteiger partial charge on any atom is 0.295 e. The molecule has 1 aromatic heterocycles. The number of Topliss-reactive ketones (excluding diaryl/α,β-unsaturated/α-hetero) is 1. The Kier molecular flexibility index (Phi) is 5.65. The Morgan fingerprint density at radius 1 is 1.21 bits per heavy atom. The van der Waals surface area contributed by atoms with Crippen molar-refractivity contribution in [1.29, 1.82) is 0 Å². The van der Waals surface area contributed by atoms with Gasteiger partial charge in [-0.1, -0.05) is 36.9 Å². The van der Waals surface area contributed by atoms with E-state index < -0.39 is 17.7 Å². The lowest BCUT2D eigenvalue weighted by molar-refractivity contribution is -0.141. The van der Waals surface area contributed by atoms with E-state index in [1.54, 1.807) is 23.1 Å². The first-order chi connectivity index (χ1) is 14.0. The number of carbonyl (C=O) groups excluding carboxylic acids is 2. The zero-order chi connectivity index (χ0) is 20.5. The van der Waals surface area contributed by atoms with Crippen molar-refractivity contribution < 1.29 is 19.4 Å². The molecule has 1 aromatic carbocycles. The van der Waals surface area contributed by atoms with E-state index in [0.29, 0.717) is 16.3 Å². The van der Waals surface area contributed by atoms with E-state index in [2.05, 4.69) is 0 Å². The number of hydrogen-bond donors (Lipinski definition) is 1. The number of likely N-dealkylation sites (tertiary alicyclic amines) is 1. The van der Waals surface area contributed by atoms with Gasteiger partial charge in [0.15, 0.2) is 0 Å². The highest BCUT2D eigenvalue weighted by atomic mass is 35.5. The largest absolute Gasteiger partial charge is 0.507 e. The molecule has 1 atom stereocenters. The van der Waals surface area contributed by atoms with E-state index in [4.69, 9.17) is 16.3 Å². The molecule has 1 amide bonds. The average molecular weight is 432 g/mol. The van der Waals surface area contributed by atoms with Crippen LogP contribution in [-0.2, 0) is 9.59 Å². The van der Waals surface area contributed by atoms with Gasteiger partial charge in [-0.25, -0.2) is 0 Å². The number of carbonyl (C=O) groups is 2. The topological polar surface area (TPSA) is 66.8 Å². The minimum atomic E-state index is -0.640. The minimum absolute atomic E-state index is 0.0112. The second-order valence-electron chi connectivity index (χ2n) is 7.36. The SMILES string of the molecule is COc1ccc(/C(O)=C2/C(=O)C(=O)N(C3CCCCC3)C2c2cccs2)cc1Cl. The third kappa shape index (κ3) is 3.55. The maximum atomic E-state index is 13.0. The number of thiophene rings is 1. The van der Waals surface area contributed by atoms with Crippen molar-refractivity contribution in [1.82, 2.24) is 4.90 Å². The molecule has 2 fully saturated rings. The molecule has 7 heteroatoms. The molecular weight excluding hydrogens is 410 g/mol. The van der Waals surface area contributed by atoms with Gasteiger partial charge >= 0.3 is 0 Å². The molecule has 1 saturated carbocycles. The van der Waals surface area contributed by atoms with Gasteiger partial charge in [0.2, 0.25) is 0 Å². The molecule has 0 bridgehead atoms. The molecule has 4 rings (SSSR count). The zero-order valence-corrected chi connectivity index (χ0v) is 17.6. The molecule has 29 heavy (non-hydrogen) atoms. The van der Waals surface area contributed by atoms with Crippen LogP contribution < -0.4 is 4.74 Å². The molecular formula is C22H22ClNO4S. The number of methoxy groups -OCH3 is 1. The van der Waals surface area contributed by atoms with E-state index in [-0.39, 0.29) is 17.4 Å². The Balaban J connectivity index is 1.83. The van der Waals surface area contributed by atoms with Crippen LogP contribution in [0, 0.1) is 0 Å². The van der Waals surface area contributed by atoms with Gasteiger partial charge in [-0.3, -0.25) is 9.59 Å². The Morgan fingerprint density at radius 2 is 1.97 bits per heavy atom. The summed E-state index contributed by atoms with van der Waals surface area (Å²) in [6.45, 7) is 0. The summed E-state index contributed by atoms with van der Waals surface area (Å²) >= 11 is 7.69. The van der Waals surface area contributed by atoms with Crippen LogP contribution in [-0.4, -0.2) is 34.8 Å². The number of benzene rings is 1. The lowest BCUT2D eigenvalue weighted by Gasteiger charge is -2.34. The molecule has 0 spiro atoms. The second-order valence-corrected chi connectivity index (χ2v) is 8.75. The summed E-state index contributed by atoms with van der Waals surface area (Å²) in [5.41, 5.74) is 0.517. The van der Waals surface area contributed by atoms with Crippen LogP contribution in [0.3, 0.4) is 0 Å². The number of ether oxygens (including phenoxy) is 1. The molecule has 2 heterocycles. The highest BCUT2D eigenvalue weighted by Crippen LogP contribution is 2.44. The maximum absolute atomic E-state index is 13.0. The summed E-state index contributed by atoms with van der Waals surface area (Å²) in [6.07, 6.45) is 4.98. The third-order valence-corrected chi connectivity index (χ3v) is 6.91. The van der Waals surface area contributed by atoms with Crippen molar-refractivity contribution in [2.45, 2.75) is 44.2 Å². The van der Waals surface area contributed by atoms with Crippen molar-refractivity contribution in [2.24, 2.45) is 0 Å². The predicted molar refractivity (Wildman–Crippen MR) is 113 cm³/mol. The minimum Gasteiger partial charge on any atom is -0.507 e. The summed E-state index contributed by atoms with van der Waals surface area (Å²) in [5.74, 6) is -0.903. The van der Waals surface area contributed by atoms with E-state index >= 15 is 0 Å². The predicted octanol–water partition coefficient (Wildman–Crippen LogP) is 5.16. The van der Waals surface area contributed by atoms with E-state index in [1.807, 2.05) is 17.5 Å². The Morgan fingerprint density at radius 3 is 2.59 bits per heavy atom. The van der Waals surface area contributed by atoms with Gasteiger partial charge < -0.3 is 14.7 Å². The van der Waals surface area contributed by atoms with Crippen molar-refractivity contribution in [2.75, 3.05) is 7.11 Å². The molecule has 0 radical (unpaired) electrons. The Bertz CT molecular complexity index is 963. The fourth-order valence-corrected chi connectivity index (χ4v) is 5.37. The molecule has 2 aromatic rings. The summed E-state index contributed by atoms with van der Waals surface area (Å²) in [4.78, 5) is 28.6. The summed E-state index contributed by atoms with van der Waals surface area (Å²) in [7, 11) is 1.51. The van der Waals surface area contributed by atoms with Gasteiger partial charge in [-0.15, -0.1) is 11.3 Å². The lowest BCUT2D eigenvalue weighted by Crippen LogP contribution is -2.40. The number of amides is 1. The molecule has 152 valence electrons. The fraction of sp³-hybridized carbons (Fsp3) is 0.364. The smallest absolute Gasteiger partial charge is 0.295 e. The van der Waals surface area contributed by atoms with Crippen LogP contribution in [0.15, 0.2) is 41.3 Å². The standard InChI is InChI=1S/C22H22ClNO4S/c1-28-16-10-9-13(12-15(16)23)20(25)18-19(17-8-5-11-29-17)24(22(27)21(18)26)14-6-3-2-4-7-14/h5,8-12,14,19,25H,2-4,6-7H2,1H3/b20-18-. The number of hydrogen-bond acceptors (Lipinski definition) is 5. The number of rotatable bonds is 4. The first-order valence-electron chi connectivity index (χ1n) is 9.70. The number of halogens is 1. The molecule has 1 saturated heterocycles. The van der Waals surface area contributed by atoms with Gasteiger partial charge in [0.05, 0.1) is 23.7 Å². The lowest BCUT2D eigenvalue weighted by atomic mass is 9.93. The number of nitrogens with zero attached hydrogens (tertiary/aromatic N) is 1. The molecule has 2 aliphatic rings. The molecule has 1 N–H and O–H groups in total. The van der Waals surface area contributed by atoms with Crippen LogP contribution in [0.2, 0.25) is 5.02 Å². The monoisotopic (exact) mass is 431 g/mol. The first kappa shape index (κ1) is 20.0. The highest BCUT2D eigenvalue weighted by molar-refractivity contribution is 7.10. The molecule has 1 unspecified atom stereocenters. The van der Waals surface area contributed by atoms with E-state index in [9.17, 15) is 14.7 Å². The average Bonchev–Trinajstić information content (AvgIpc) is 3.35. The number of aliphatic hydroxyl groups is 1. The van der Waals surface area contributed by atoms with Crippen molar-refractivity contribution >= 4 is 40.4 Å². The van der Waals surface area contributed by atoms with Gasteiger partial charge in [0, 0.05) is 16.5 Å². The van der Waals surface area contributed by atoms with Gasteiger partial charge in [-0.05, 0) is 42.5 Å². The van der Waals surface area contributed by atoms with Crippen molar-refractivity contribution in [3.8, 4) is 5.75 Å². The normalized spacial score (nSPS) is 22.3. The summed E-state index contributed by atoms with van der Waals surface area (Å²) in [5, 5.41) is 13.3. The van der Waals surface area contributed by atoms with Gasteiger partial charge in [0.1, 0.15) is 11.5 Å². The van der Waals surface area contributed by atoms with Crippen LogP contribution >= 0.6 is 22.9 Å². The van der Waals surface area contributed by atoms with Crippen LogP contribution in [0.5, 0.6) is 5.75 Å². The van der Waals surface area contributed by atoms with E-state index in [1.165, 1.54) is 18.4 Å². The van der Waals surface area contributed by atoms with Gasteiger partial charge in [-0.2, -0.15) is 0 Å². The Hall–Kier alpha value is -2.31. The summed E-state index contributed by atoms with van der Waals surface area (Å²) < 4.78 is 5.16. The molecule has 5 nitrogen and oxygen atoms in total. The van der Waals surface area contributed by atoms with Crippen LogP contribution in [0.1, 0.15) is 48.6 Å². The van der Waals surface area contributed by atoms with Crippen LogP contribution in [0.25, 0.3) is 5.76 Å². The third-order valence-electron chi connectivity index (χ3n) is 5.69. The second kappa shape index (κ2) is 8.20. The van der Waals surface area contributed by atoms with E-state index in [0.717, 1.165) is 37.0 Å². The summed E-state index contributed by atoms with van der Waals surface area (Å²) in [6, 6.07) is 8.07. The Labute approximate surface area is 178 Å². The van der Waals surface area contributed by atoms with Gasteiger partial charge in [0.25, 0.3) is 11.7 Å². The zero-order valence-electron chi connectivity index (χ0n) is 16.1. The van der Waals surface area contributed by atoms with Crippen molar-refractivity contribution in [3.63, 3.8) is 0 Å². The number of ketones is 1. The fourth-order valence-electron chi connectivity index (χ4n) is 4.28. The van der Waals surface area contributed by atoms with Crippen molar-refractivity contribution in [3.05, 3.63) is 56.7 Å². The van der Waals surface area contributed by atoms with Crippen LogP contribution in [0.4, 0.5) is 0 Å². The molecule has 1 aliphatic heterocycles. The molecule has 1 aliphatic carbocycles. The first-order valence-corrected chi connectivity index (χ1v) is 11.0. The quantitative estimate of drug-likeness (QED) is 0.412.